The Bertz CT molecular complexity index is 396. The number of rotatable bonds is 4. The number of hydrogen-bond donors (Lipinski definition) is 1. The third kappa shape index (κ3) is 3.45. The van der Waals surface area contributed by atoms with E-state index in [1.54, 1.807) is 6.92 Å². The number of thiol groups is 1. The Hall–Kier alpha value is -0.620. The number of alkyl halides is 3. The summed E-state index contributed by atoms with van der Waals surface area (Å²) in [5.41, 5.74) is 0.304. The quantitative estimate of drug-likeness (QED) is 0.523. The van der Waals surface area contributed by atoms with Crippen LogP contribution < -0.4 is 4.74 Å². The van der Waals surface area contributed by atoms with Gasteiger partial charge in [0.15, 0.2) is 5.78 Å². The molecule has 0 aliphatic heterocycles. The van der Waals surface area contributed by atoms with E-state index in [0.717, 1.165) is 0 Å². The molecule has 0 amide bonds. The zero-order valence-corrected chi connectivity index (χ0v) is 10.8. The smallest absolute Gasteiger partial charge is 0.387 e. The minimum atomic E-state index is -2.93. The molecule has 2 nitrogen and oxygen atoms in total. The van der Waals surface area contributed by atoms with E-state index in [2.05, 4.69) is 33.3 Å². The van der Waals surface area contributed by atoms with Crippen molar-refractivity contribution in [3.05, 3.63) is 23.8 Å². The van der Waals surface area contributed by atoms with Crippen LogP contribution in [-0.4, -0.2) is 17.2 Å². The van der Waals surface area contributed by atoms with Crippen molar-refractivity contribution in [3.63, 3.8) is 0 Å². The molecule has 0 aliphatic rings. The largest absolute Gasteiger partial charge is 0.434 e. The highest BCUT2D eigenvalue weighted by atomic mass is 79.9. The van der Waals surface area contributed by atoms with Gasteiger partial charge in [-0.15, -0.1) is 12.6 Å². The average molecular weight is 311 g/mol. The maximum atomic E-state index is 12.0. The van der Waals surface area contributed by atoms with Gasteiger partial charge in [-0.05, 0) is 25.1 Å². The normalized spacial score (nSPS) is 12.6. The summed E-state index contributed by atoms with van der Waals surface area (Å²) in [6.07, 6.45) is 0. The summed E-state index contributed by atoms with van der Waals surface area (Å²) in [7, 11) is 0. The molecule has 1 aromatic carbocycles. The van der Waals surface area contributed by atoms with E-state index in [1.165, 1.54) is 18.2 Å². The van der Waals surface area contributed by atoms with Gasteiger partial charge in [0.1, 0.15) is 5.75 Å². The first-order chi connectivity index (χ1) is 7.41. The third-order valence-electron chi connectivity index (χ3n) is 1.82. The van der Waals surface area contributed by atoms with Crippen molar-refractivity contribution in [2.24, 2.45) is 0 Å². The van der Waals surface area contributed by atoms with Crippen LogP contribution in [0, 0.1) is 0 Å². The number of benzene rings is 1. The van der Waals surface area contributed by atoms with Crippen LogP contribution in [-0.2, 0) is 0 Å². The molecule has 6 heteroatoms. The van der Waals surface area contributed by atoms with Crippen molar-refractivity contribution in [2.45, 2.75) is 23.3 Å². The van der Waals surface area contributed by atoms with Crippen LogP contribution in [0.25, 0.3) is 0 Å². The first-order valence-corrected chi connectivity index (χ1v) is 5.74. The van der Waals surface area contributed by atoms with Crippen molar-refractivity contribution in [2.75, 3.05) is 0 Å². The van der Waals surface area contributed by atoms with E-state index in [9.17, 15) is 13.6 Å². The summed E-state index contributed by atoms with van der Waals surface area (Å²) >= 11 is 7.07. The monoisotopic (exact) mass is 310 g/mol. The predicted octanol–water partition coefficient (Wildman–Crippen LogP) is 3.54. The van der Waals surface area contributed by atoms with Gasteiger partial charge in [0, 0.05) is 10.5 Å². The van der Waals surface area contributed by atoms with Gasteiger partial charge in [0.25, 0.3) is 0 Å². The van der Waals surface area contributed by atoms with E-state index < -0.39 is 6.61 Å². The molecule has 1 aromatic rings. The van der Waals surface area contributed by atoms with Crippen molar-refractivity contribution < 1.29 is 18.3 Å². The van der Waals surface area contributed by atoms with Gasteiger partial charge >= 0.3 is 6.61 Å². The molecule has 0 aliphatic carbocycles. The molecule has 0 spiro atoms. The standard InChI is InChI=1S/C10H9BrF2O2S/c1-5(11)9(14)6-2-3-8(16)7(4-6)15-10(12)13/h2-5,10,16H,1H3. The van der Waals surface area contributed by atoms with Gasteiger partial charge in [-0.3, -0.25) is 4.79 Å². The number of hydrogen-bond acceptors (Lipinski definition) is 3. The SMILES string of the molecule is CC(Br)C(=O)c1ccc(S)c(OC(F)F)c1. The van der Waals surface area contributed by atoms with E-state index in [0.29, 0.717) is 5.56 Å². The topological polar surface area (TPSA) is 26.3 Å². The van der Waals surface area contributed by atoms with Crippen LogP contribution >= 0.6 is 28.6 Å². The molecule has 0 saturated heterocycles. The number of carbonyl (C=O) groups excluding carboxylic acids is 1. The minimum absolute atomic E-state index is 0.0997. The van der Waals surface area contributed by atoms with Crippen LogP contribution in [0.15, 0.2) is 23.1 Å². The van der Waals surface area contributed by atoms with Gasteiger partial charge in [-0.25, -0.2) is 0 Å². The van der Waals surface area contributed by atoms with Crippen LogP contribution in [0.5, 0.6) is 5.75 Å². The van der Waals surface area contributed by atoms with Gasteiger partial charge < -0.3 is 4.74 Å². The lowest BCUT2D eigenvalue weighted by Gasteiger charge is -2.09. The predicted molar refractivity (Wildman–Crippen MR) is 63.0 cm³/mol. The highest BCUT2D eigenvalue weighted by Crippen LogP contribution is 2.26. The van der Waals surface area contributed by atoms with E-state index in [4.69, 9.17) is 0 Å². The highest BCUT2D eigenvalue weighted by molar-refractivity contribution is 9.10. The van der Waals surface area contributed by atoms with Crippen LogP contribution in [0.3, 0.4) is 0 Å². The Morgan fingerprint density at radius 3 is 2.62 bits per heavy atom. The Morgan fingerprint density at radius 2 is 2.12 bits per heavy atom. The second-order valence-corrected chi connectivity index (χ2v) is 4.90. The molecule has 88 valence electrons. The van der Waals surface area contributed by atoms with Crippen LogP contribution in [0.1, 0.15) is 17.3 Å². The lowest BCUT2D eigenvalue weighted by Crippen LogP contribution is -2.11. The lowest BCUT2D eigenvalue weighted by atomic mass is 10.1. The Kier molecular flexibility index (Phi) is 4.73. The minimum Gasteiger partial charge on any atom is -0.434 e. The fraction of sp³-hybridized carbons (Fsp3) is 0.300. The zero-order chi connectivity index (χ0) is 12.3. The molecule has 1 rings (SSSR count). The average Bonchev–Trinajstić information content (AvgIpc) is 2.19. The molecule has 0 saturated carbocycles. The molecule has 0 aromatic heterocycles. The second-order valence-electron chi connectivity index (χ2n) is 3.04. The summed E-state index contributed by atoms with van der Waals surface area (Å²) in [6.45, 7) is -1.28. The number of carbonyl (C=O) groups is 1. The number of ketones is 1. The maximum Gasteiger partial charge on any atom is 0.387 e. The molecular formula is C10H9BrF2O2S. The maximum absolute atomic E-state index is 12.0. The molecule has 0 fully saturated rings. The molecule has 0 N–H and O–H groups in total. The van der Waals surface area contributed by atoms with E-state index in [1.807, 2.05) is 0 Å². The van der Waals surface area contributed by atoms with Gasteiger partial charge in [-0.1, -0.05) is 15.9 Å². The van der Waals surface area contributed by atoms with Crippen LogP contribution in [0.4, 0.5) is 8.78 Å². The van der Waals surface area contributed by atoms with Crippen molar-refractivity contribution in [1.82, 2.24) is 0 Å². The Morgan fingerprint density at radius 1 is 1.50 bits per heavy atom. The molecule has 0 bridgehead atoms. The number of halogens is 3. The summed E-state index contributed by atoms with van der Waals surface area (Å²) in [6, 6.07) is 4.22. The molecule has 16 heavy (non-hydrogen) atoms. The fourth-order valence-corrected chi connectivity index (χ4v) is 1.54. The van der Waals surface area contributed by atoms with Crippen molar-refractivity contribution >= 4 is 34.3 Å². The molecule has 1 unspecified atom stereocenters. The Labute approximate surface area is 106 Å². The lowest BCUT2D eigenvalue weighted by molar-refractivity contribution is -0.0516. The van der Waals surface area contributed by atoms with Crippen molar-refractivity contribution in [1.29, 1.82) is 0 Å². The van der Waals surface area contributed by atoms with E-state index in [-0.39, 0.29) is 21.3 Å². The Balaban J connectivity index is 3.02. The first-order valence-electron chi connectivity index (χ1n) is 4.38. The van der Waals surface area contributed by atoms with Crippen molar-refractivity contribution in [3.8, 4) is 5.75 Å². The van der Waals surface area contributed by atoms with Gasteiger partial charge in [0.05, 0.1) is 4.83 Å². The molecule has 1 atom stereocenters. The van der Waals surface area contributed by atoms with E-state index >= 15 is 0 Å². The third-order valence-corrected chi connectivity index (χ3v) is 2.61. The first kappa shape index (κ1) is 13.4. The number of ether oxygens (including phenoxy) is 1. The highest BCUT2D eigenvalue weighted by Gasteiger charge is 2.15. The van der Waals surface area contributed by atoms with Gasteiger partial charge in [0.2, 0.25) is 0 Å². The number of Topliss-reactive ketones (excluding diaryl/α,β-unsaturated/α-hetero) is 1. The van der Waals surface area contributed by atoms with Gasteiger partial charge in [-0.2, -0.15) is 8.78 Å². The molecule has 0 radical (unpaired) electrons. The molecule has 0 heterocycles. The summed E-state index contributed by atoms with van der Waals surface area (Å²) in [5.74, 6) is -0.301. The zero-order valence-electron chi connectivity index (χ0n) is 8.28. The summed E-state index contributed by atoms with van der Waals surface area (Å²) in [5, 5.41) is 0. The summed E-state index contributed by atoms with van der Waals surface area (Å²) in [4.78, 5) is 11.5. The second kappa shape index (κ2) is 5.63. The molecular weight excluding hydrogens is 302 g/mol. The fourth-order valence-electron chi connectivity index (χ4n) is 1.09. The summed E-state index contributed by atoms with van der Waals surface area (Å²) < 4.78 is 28.3. The van der Waals surface area contributed by atoms with Crippen LogP contribution in [0.2, 0.25) is 0 Å².